The van der Waals surface area contributed by atoms with Gasteiger partial charge in [0.2, 0.25) is 0 Å². The Morgan fingerprint density at radius 2 is 1.65 bits per heavy atom. The number of urea groups is 1. The number of hydrogen-bond donors (Lipinski definition) is 2. The molecular formula is C34H44N8O4. The van der Waals surface area contributed by atoms with E-state index in [-0.39, 0.29) is 18.0 Å². The van der Waals surface area contributed by atoms with Crippen molar-refractivity contribution in [1.29, 1.82) is 0 Å². The van der Waals surface area contributed by atoms with Crippen molar-refractivity contribution in [2.45, 2.75) is 56.8 Å². The third kappa shape index (κ3) is 6.54. The Kier molecular flexibility index (Phi) is 8.81. The summed E-state index contributed by atoms with van der Waals surface area (Å²) in [4.78, 5) is 50.7. The molecule has 1 aromatic heterocycles. The van der Waals surface area contributed by atoms with Crippen LogP contribution in [0.4, 0.5) is 15.3 Å². The van der Waals surface area contributed by atoms with Crippen LogP contribution in [0.2, 0.25) is 0 Å². The second kappa shape index (κ2) is 13.3. The van der Waals surface area contributed by atoms with Gasteiger partial charge in [0.25, 0.3) is 5.91 Å². The molecular weight excluding hydrogens is 584 g/mol. The third-order valence-corrected chi connectivity index (χ3v) is 10.3. The Hall–Kier alpha value is -4.16. The summed E-state index contributed by atoms with van der Waals surface area (Å²) in [5, 5.41) is 11.0. The van der Waals surface area contributed by atoms with E-state index >= 15 is 0 Å². The van der Waals surface area contributed by atoms with E-state index in [1.807, 2.05) is 52.3 Å². The van der Waals surface area contributed by atoms with Gasteiger partial charge in [-0.15, -0.1) is 0 Å². The standard InChI is InChI=1S/C34H44N8O4/c1-38-12-8-27(9-13-38)39-16-18-40(19-17-39)32(43)31(21-24-6-7-30-26(20-24)22-35-37-30)46-34(45)41-14-10-28(11-15-41)42-23-25-4-2-3-5-29(25)36-33(42)44/h2-7,20,22,27-28,31H,8-19,21,23H2,1H3,(H,35,37)(H,36,44). The first-order valence-electron chi connectivity index (χ1n) is 16.7. The van der Waals surface area contributed by atoms with Crippen molar-refractivity contribution in [3.63, 3.8) is 0 Å². The van der Waals surface area contributed by atoms with Crippen molar-refractivity contribution in [3.05, 3.63) is 59.8 Å². The van der Waals surface area contributed by atoms with Gasteiger partial charge in [-0.1, -0.05) is 24.3 Å². The molecule has 4 amide bonds. The van der Waals surface area contributed by atoms with Crippen LogP contribution in [0.1, 0.15) is 36.8 Å². The van der Waals surface area contributed by atoms with Gasteiger partial charge in [-0.25, -0.2) is 9.59 Å². The first-order valence-corrected chi connectivity index (χ1v) is 16.7. The molecule has 244 valence electrons. The van der Waals surface area contributed by atoms with E-state index in [0.29, 0.717) is 58.0 Å². The molecule has 1 unspecified atom stereocenters. The summed E-state index contributed by atoms with van der Waals surface area (Å²) in [5.74, 6) is -0.137. The summed E-state index contributed by atoms with van der Waals surface area (Å²) >= 11 is 0. The molecule has 3 saturated heterocycles. The van der Waals surface area contributed by atoms with Gasteiger partial charge in [-0.05, 0) is 75.1 Å². The second-order valence-electron chi connectivity index (χ2n) is 13.2. The first-order chi connectivity index (χ1) is 22.4. The number of nitrogens with zero attached hydrogens (tertiary/aromatic N) is 6. The molecule has 0 aliphatic carbocycles. The molecule has 12 heteroatoms. The van der Waals surface area contributed by atoms with E-state index in [0.717, 1.165) is 66.7 Å². The van der Waals surface area contributed by atoms with Crippen molar-refractivity contribution in [2.75, 3.05) is 64.7 Å². The van der Waals surface area contributed by atoms with Crippen LogP contribution in [0, 0.1) is 0 Å². The number of aromatic nitrogens is 2. The van der Waals surface area contributed by atoms with E-state index < -0.39 is 12.2 Å². The van der Waals surface area contributed by atoms with Crippen LogP contribution < -0.4 is 5.32 Å². The van der Waals surface area contributed by atoms with Crippen LogP contribution in [0.5, 0.6) is 0 Å². The molecule has 0 bridgehead atoms. The number of hydrogen-bond acceptors (Lipinski definition) is 7. The fourth-order valence-corrected chi connectivity index (χ4v) is 7.46. The van der Waals surface area contributed by atoms with Crippen LogP contribution in [-0.4, -0.2) is 130 Å². The number of carbonyl (C=O) groups is 3. The third-order valence-electron chi connectivity index (χ3n) is 10.3. The average molecular weight is 629 g/mol. The van der Waals surface area contributed by atoms with E-state index in [1.54, 1.807) is 11.1 Å². The molecule has 5 heterocycles. The highest BCUT2D eigenvalue weighted by Gasteiger charge is 2.36. The Balaban J connectivity index is 0.989. The summed E-state index contributed by atoms with van der Waals surface area (Å²) in [6.45, 7) is 6.64. The number of amides is 4. The van der Waals surface area contributed by atoms with E-state index in [2.05, 4.69) is 32.4 Å². The molecule has 46 heavy (non-hydrogen) atoms. The van der Waals surface area contributed by atoms with E-state index in [4.69, 9.17) is 4.74 Å². The lowest BCUT2D eigenvalue weighted by Crippen LogP contribution is -2.56. The number of ether oxygens (including phenoxy) is 1. The topological polar surface area (TPSA) is 117 Å². The largest absolute Gasteiger partial charge is 0.436 e. The fraction of sp³-hybridized carbons (Fsp3) is 0.529. The number of aromatic amines is 1. The van der Waals surface area contributed by atoms with Gasteiger partial charge in [0.05, 0.1) is 11.7 Å². The Bertz CT molecular complexity index is 1550. The molecule has 1 atom stereocenters. The summed E-state index contributed by atoms with van der Waals surface area (Å²) in [6.07, 6.45) is 4.29. The van der Waals surface area contributed by atoms with Crippen LogP contribution >= 0.6 is 0 Å². The van der Waals surface area contributed by atoms with Crippen molar-refractivity contribution in [1.82, 2.24) is 34.7 Å². The Labute approximate surface area is 269 Å². The minimum Gasteiger partial charge on any atom is -0.436 e. The predicted octanol–water partition coefficient (Wildman–Crippen LogP) is 3.36. The molecule has 2 aromatic carbocycles. The second-order valence-corrected chi connectivity index (χ2v) is 13.2. The number of piperidine rings is 2. The van der Waals surface area contributed by atoms with Crippen molar-refractivity contribution >= 4 is 34.6 Å². The van der Waals surface area contributed by atoms with Crippen molar-refractivity contribution in [2.24, 2.45) is 0 Å². The van der Waals surface area contributed by atoms with Gasteiger partial charge >= 0.3 is 12.1 Å². The monoisotopic (exact) mass is 628 g/mol. The van der Waals surface area contributed by atoms with Crippen LogP contribution in [0.15, 0.2) is 48.7 Å². The number of carbonyl (C=O) groups excluding carboxylic acids is 3. The maximum atomic E-state index is 14.0. The van der Waals surface area contributed by atoms with Crippen molar-refractivity contribution in [3.8, 4) is 0 Å². The van der Waals surface area contributed by atoms with E-state index in [1.165, 1.54) is 0 Å². The molecule has 4 aliphatic heterocycles. The number of nitrogens with one attached hydrogen (secondary N) is 2. The molecule has 3 aromatic rings. The highest BCUT2D eigenvalue weighted by Crippen LogP contribution is 2.28. The zero-order valence-corrected chi connectivity index (χ0v) is 26.6. The molecule has 12 nitrogen and oxygen atoms in total. The molecule has 7 rings (SSSR count). The summed E-state index contributed by atoms with van der Waals surface area (Å²) in [5.41, 5.74) is 3.78. The number of anilines is 1. The number of rotatable bonds is 6. The lowest BCUT2D eigenvalue weighted by Gasteiger charge is -2.43. The normalized spacial score (nSPS) is 21.2. The Morgan fingerprint density at radius 3 is 2.43 bits per heavy atom. The van der Waals surface area contributed by atoms with Crippen LogP contribution in [0.3, 0.4) is 0 Å². The molecule has 4 aliphatic rings. The van der Waals surface area contributed by atoms with Crippen molar-refractivity contribution < 1.29 is 19.1 Å². The number of H-pyrrole nitrogens is 1. The van der Waals surface area contributed by atoms with Crippen LogP contribution in [0.25, 0.3) is 10.9 Å². The van der Waals surface area contributed by atoms with Gasteiger partial charge in [-0.3, -0.25) is 14.8 Å². The molecule has 2 N–H and O–H groups in total. The minimum absolute atomic E-state index is 0.0254. The molecule has 0 spiro atoms. The zero-order valence-electron chi connectivity index (χ0n) is 26.6. The maximum Gasteiger partial charge on any atom is 0.410 e. The van der Waals surface area contributed by atoms with Crippen LogP contribution in [-0.2, 0) is 22.5 Å². The predicted molar refractivity (Wildman–Crippen MR) is 174 cm³/mol. The molecule has 0 radical (unpaired) electrons. The highest BCUT2D eigenvalue weighted by atomic mass is 16.6. The maximum absolute atomic E-state index is 14.0. The first kappa shape index (κ1) is 30.5. The summed E-state index contributed by atoms with van der Waals surface area (Å²) in [7, 11) is 2.17. The minimum atomic E-state index is -0.922. The smallest absolute Gasteiger partial charge is 0.410 e. The average Bonchev–Trinajstić information content (AvgIpc) is 3.56. The lowest BCUT2D eigenvalue weighted by atomic mass is 10.0. The summed E-state index contributed by atoms with van der Waals surface area (Å²) in [6, 6.07) is 14.2. The fourth-order valence-electron chi connectivity index (χ4n) is 7.46. The quantitative estimate of drug-likeness (QED) is 0.430. The van der Waals surface area contributed by atoms with Gasteiger partial charge in [0, 0.05) is 75.4 Å². The molecule has 0 saturated carbocycles. The lowest BCUT2D eigenvalue weighted by molar-refractivity contribution is -0.143. The summed E-state index contributed by atoms with van der Waals surface area (Å²) < 4.78 is 6.07. The Morgan fingerprint density at radius 1 is 0.913 bits per heavy atom. The van der Waals surface area contributed by atoms with Gasteiger partial charge in [0.1, 0.15) is 0 Å². The highest BCUT2D eigenvalue weighted by molar-refractivity contribution is 5.92. The van der Waals surface area contributed by atoms with Gasteiger partial charge in [0.15, 0.2) is 6.10 Å². The number of piperazine rings is 1. The number of likely N-dealkylation sites (tertiary alicyclic amines) is 2. The zero-order chi connectivity index (χ0) is 31.6. The van der Waals surface area contributed by atoms with Gasteiger partial charge in [-0.2, -0.15) is 5.10 Å². The number of para-hydroxylation sites is 1. The molecule has 3 fully saturated rings. The van der Waals surface area contributed by atoms with Gasteiger partial charge < -0.3 is 29.7 Å². The van der Waals surface area contributed by atoms with E-state index in [9.17, 15) is 14.4 Å². The SMILES string of the molecule is CN1CCC(N2CCN(C(=O)C(Cc3ccc4[nH]ncc4c3)OC(=O)N3CCC(N4Cc5ccccc5NC4=O)CC3)CC2)CC1. The number of fused-ring (bicyclic) bond motifs is 2. The number of benzene rings is 2.